The Labute approximate surface area is 120 Å². The van der Waals surface area contributed by atoms with Crippen molar-refractivity contribution in [1.29, 1.82) is 0 Å². The van der Waals surface area contributed by atoms with Crippen LogP contribution in [0.2, 0.25) is 5.15 Å². The number of carbonyl (C=O) groups excluding carboxylic acids is 3. The molecule has 1 fully saturated rings. The lowest BCUT2D eigenvalue weighted by Gasteiger charge is -2.33. The number of nitrogen functional groups attached to an aromatic ring is 1. The number of carbonyl (C=O) groups is 3. The monoisotopic (exact) mass is 296 g/mol. The third-order valence-electron chi connectivity index (χ3n) is 2.96. The quantitative estimate of drug-likeness (QED) is 0.599. The van der Waals surface area contributed by atoms with E-state index in [0.717, 1.165) is 0 Å². The average molecular weight is 297 g/mol. The van der Waals surface area contributed by atoms with Crippen LogP contribution in [0.25, 0.3) is 0 Å². The molecule has 0 radical (unpaired) electrons. The van der Waals surface area contributed by atoms with Crippen molar-refractivity contribution in [3.8, 4) is 0 Å². The summed E-state index contributed by atoms with van der Waals surface area (Å²) in [5.41, 5.74) is 5.73. The molecule has 1 aliphatic heterocycles. The van der Waals surface area contributed by atoms with E-state index in [0.29, 0.717) is 6.42 Å². The van der Waals surface area contributed by atoms with Crippen molar-refractivity contribution in [1.82, 2.24) is 15.2 Å². The number of nitrogens with zero attached hydrogens (tertiary/aromatic N) is 2. The van der Waals surface area contributed by atoms with Crippen molar-refractivity contribution in [2.24, 2.45) is 0 Å². The number of hydrogen-bond donors (Lipinski definition) is 2. The first kappa shape index (κ1) is 14.3. The number of rotatable bonds is 2. The summed E-state index contributed by atoms with van der Waals surface area (Å²) in [5, 5.41) is 2.28. The van der Waals surface area contributed by atoms with Gasteiger partial charge in [-0.2, -0.15) is 0 Å². The van der Waals surface area contributed by atoms with E-state index < -0.39 is 23.8 Å². The summed E-state index contributed by atoms with van der Waals surface area (Å²) in [4.78, 5) is 40.5. The van der Waals surface area contributed by atoms with Crippen LogP contribution in [0.15, 0.2) is 12.1 Å². The van der Waals surface area contributed by atoms with Crippen LogP contribution in [0.3, 0.4) is 0 Å². The first-order valence-electron chi connectivity index (χ1n) is 6.00. The fourth-order valence-electron chi connectivity index (χ4n) is 2.09. The summed E-state index contributed by atoms with van der Waals surface area (Å²) in [5.74, 6) is -1.37. The number of halogens is 1. The van der Waals surface area contributed by atoms with E-state index in [9.17, 15) is 14.4 Å². The first-order valence-corrected chi connectivity index (χ1v) is 6.38. The van der Waals surface area contributed by atoms with E-state index >= 15 is 0 Å². The zero-order valence-corrected chi connectivity index (χ0v) is 11.5. The summed E-state index contributed by atoms with van der Waals surface area (Å²) >= 11 is 5.75. The Morgan fingerprint density at radius 3 is 2.85 bits per heavy atom. The smallest absolute Gasteiger partial charge is 0.255 e. The van der Waals surface area contributed by atoms with Crippen LogP contribution in [0.1, 0.15) is 23.7 Å². The van der Waals surface area contributed by atoms with Crippen molar-refractivity contribution in [3.63, 3.8) is 0 Å². The molecular formula is C12H13ClN4O3. The fourth-order valence-corrected chi connectivity index (χ4v) is 2.31. The molecule has 0 saturated carbocycles. The van der Waals surface area contributed by atoms with Crippen LogP contribution in [-0.2, 0) is 9.59 Å². The predicted octanol–water partition coefficient (Wildman–Crippen LogP) is 0.194. The van der Waals surface area contributed by atoms with Gasteiger partial charge in [-0.1, -0.05) is 18.5 Å². The van der Waals surface area contributed by atoms with E-state index in [1.807, 2.05) is 0 Å². The second kappa shape index (κ2) is 5.46. The van der Waals surface area contributed by atoms with E-state index in [1.54, 1.807) is 6.92 Å². The summed E-state index contributed by atoms with van der Waals surface area (Å²) in [6, 6.07) is 2.02. The van der Waals surface area contributed by atoms with Gasteiger partial charge >= 0.3 is 0 Å². The lowest BCUT2D eigenvalue weighted by Crippen LogP contribution is -2.59. The second-order valence-corrected chi connectivity index (χ2v) is 4.76. The molecule has 0 aliphatic carbocycles. The van der Waals surface area contributed by atoms with Crippen LogP contribution >= 0.6 is 11.6 Å². The maximum absolute atomic E-state index is 12.4. The molecule has 2 rings (SSSR count). The van der Waals surface area contributed by atoms with Crippen molar-refractivity contribution in [3.05, 3.63) is 22.8 Å². The third-order valence-corrected chi connectivity index (χ3v) is 3.16. The molecule has 7 nitrogen and oxygen atoms in total. The number of hydrogen-bond acceptors (Lipinski definition) is 5. The molecule has 20 heavy (non-hydrogen) atoms. The molecule has 1 aliphatic rings. The molecule has 1 unspecified atom stereocenters. The number of imide groups is 1. The lowest BCUT2D eigenvalue weighted by molar-refractivity contribution is -0.138. The van der Waals surface area contributed by atoms with Gasteiger partial charge in [0.2, 0.25) is 11.8 Å². The molecule has 1 saturated heterocycles. The van der Waals surface area contributed by atoms with Gasteiger partial charge in [0.15, 0.2) is 0 Å². The van der Waals surface area contributed by atoms with Gasteiger partial charge in [-0.3, -0.25) is 19.7 Å². The van der Waals surface area contributed by atoms with E-state index in [1.165, 1.54) is 17.0 Å². The molecule has 3 amide bonds. The molecule has 0 bridgehead atoms. The van der Waals surface area contributed by atoms with Crippen LogP contribution < -0.4 is 11.1 Å². The Morgan fingerprint density at radius 2 is 2.25 bits per heavy atom. The van der Waals surface area contributed by atoms with Crippen molar-refractivity contribution < 1.29 is 14.4 Å². The van der Waals surface area contributed by atoms with Gasteiger partial charge in [-0.15, -0.1) is 0 Å². The Hall–Kier alpha value is -2.15. The van der Waals surface area contributed by atoms with Crippen LogP contribution in [0, 0.1) is 0 Å². The molecular weight excluding hydrogens is 284 g/mol. The normalized spacial score (nSPS) is 18.9. The van der Waals surface area contributed by atoms with Crippen molar-refractivity contribution >= 4 is 35.1 Å². The van der Waals surface area contributed by atoms with Gasteiger partial charge in [0.25, 0.3) is 5.91 Å². The highest BCUT2D eigenvalue weighted by molar-refractivity contribution is 6.30. The predicted molar refractivity (Wildman–Crippen MR) is 71.9 cm³/mol. The van der Waals surface area contributed by atoms with E-state index in [4.69, 9.17) is 17.3 Å². The minimum Gasteiger partial charge on any atom is -0.384 e. The minimum atomic E-state index is -0.687. The van der Waals surface area contributed by atoms with Crippen LogP contribution in [0.5, 0.6) is 0 Å². The Kier molecular flexibility index (Phi) is 3.89. The van der Waals surface area contributed by atoms with E-state index in [-0.39, 0.29) is 23.1 Å². The first-order chi connectivity index (χ1) is 9.42. The fraction of sp³-hybridized carbons (Fsp3) is 0.333. The molecule has 1 aromatic heterocycles. The zero-order valence-electron chi connectivity index (χ0n) is 10.7. The molecule has 3 N–H and O–H groups in total. The van der Waals surface area contributed by atoms with Gasteiger partial charge in [0, 0.05) is 5.56 Å². The summed E-state index contributed by atoms with van der Waals surface area (Å²) in [7, 11) is 0. The molecule has 2 heterocycles. The Bertz CT molecular complexity index is 570. The van der Waals surface area contributed by atoms with Crippen molar-refractivity contribution in [2.75, 3.05) is 12.3 Å². The average Bonchev–Trinajstić information content (AvgIpc) is 2.35. The summed E-state index contributed by atoms with van der Waals surface area (Å²) < 4.78 is 0. The molecule has 106 valence electrons. The van der Waals surface area contributed by atoms with Gasteiger partial charge in [-0.05, 0) is 18.6 Å². The number of nitrogens with one attached hydrogen (secondary N) is 1. The van der Waals surface area contributed by atoms with Crippen LogP contribution in [0.4, 0.5) is 5.82 Å². The highest BCUT2D eigenvalue weighted by atomic mass is 35.5. The number of piperazine rings is 1. The molecule has 8 heteroatoms. The van der Waals surface area contributed by atoms with Crippen LogP contribution in [-0.4, -0.2) is 40.2 Å². The number of nitrogens with two attached hydrogens (primary N) is 1. The largest absolute Gasteiger partial charge is 0.384 e. The van der Waals surface area contributed by atoms with Gasteiger partial charge in [0.05, 0.1) is 0 Å². The lowest BCUT2D eigenvalue weighted by atomic mass is 10.1. The van der Waals surface area contributed by atoms with Gasteiger partial charge in [0.1, 0.15) is 23.6 Å². The third kappa shape index (κ3) is 2.72. The maximum Gasteiger partial charge on any atom is 0.255 e. The molecule has 1 atom stereocenters. The van der Waals surface area contributed by atoms with Gasteiger partial charge < -0.3 is 10.6 Å². The molecule has 0 spiro atoms. The molecule has 1 aromatic rings. The summed E-state index contributed by atoms with van der Waals surface area (Å²) in [6.45, 7) is 1.58. The topological polar surface area (TPSA) is 105 Å². The Balaban J connectivity index is 2.34. The Morgan fingerprint density at radius 1 is 1.55 bits per heavy atom. The highest BCUT2D eigenvalue weighted by Crippen LogP contribution is 2.18. The van der Waals surface area contributed by atoms with Gasteiger partial charge in [-0.25, -0.2) is 4.98 Å². The zero-order chi connectivity index (χ0) is 14.9. The highest BCUT2D eigenvalue weighted by Gasteiger charge is 2.36. The standard InChI is InChI=1S/C12H13ClN4O3/c1-2-7-11(19)16-10(18)5-17(7)12(20)6-3-8(13)15-9(14)4-6/h3-4,7H,2,5H2,1H3,(H2,14,15)(H,16,18,19). The summed E-state index contributed by atoms with van der Waals surface area (Å²) in [6.07, 6.45) is 0.402. The number of aromatic nitrogens is 1. The second-order valence-electron chi connectivity index (χ2n) is 4.37. The van der Waals surface area contributed by atoms with E-state index in [2.05, 4.69) is 10.3 Å². The SMILES string of the molecule is CCC1C(=O)NC(=O)CN1C(=O)c1cc(N)nc(Cl)c1. The maximum atomic E-state index is 12.4. The van der Waals surface area contributed by atoms with Crippen molar-refractivity contribution in [2.45, 2.75) is 19.4 Å². The minimum absolute atomic E-state index is 0.0779. The number of pyridine rings is 1. The number of amides is 3. The molecule has 0 aromatic carbocycles. The number of anilines is 1.